The molecule has 154 valence electrons. The van der Waals surface area contributed by atoms with Gasteiger partial charge in [-0.25, -0.2) is 0 Å². The number of aromatic amines is 1. The Hall–Kier alpha value is -3.65. The summed E-state index contributed by atoms with van der Waals surface area (Å²) in [6, 6.07) is 13.5. The maximum Gasteiger partial charge on any atom is 0.325 e. The SMILES string of the molecule is O=CN1CCN(C(C(=O)O)c2c[nH]c3ccc(NC(=O)c4ccccc4)cc23)CC1. The standard InChI is InChI=1S/C22H22N4O4/c27-14-25-8-10-26(11-9-25)20(22(29)30)18-13-23-19-7-6-16(12-17(18)19)24-21(28)15-4-2-1-3-5-15/h1-7,12-14,20,23H,8-11H2,(H,24,28)(H,29,30). The van der Waals surface area contributed by atoms with Crippen molar-refractivity contribution in [3.05, 3.63) is 65.9 Å². The zero-order valence-corrected chi connectivity index (χ0v) is 16.2. The molecular weight excluding hydrogens is 384 g/mol. The summed E-state index contributed by atoms with van der Waals surface area (Å²) in [6.45, 7) is 1.95. The van der Waals surface area contributed by atoms with Gasteiger partial charge in [-0.3, -0.25) is 19.3 Å². The van der Waals surface area contributed by atoms with E-state index in [1.165, 1.54) is 0 Å². The number of piperazine rings is 1. The molecule has 0 spiro atoms. The van der Waals surface area contributed by atoms with Crippen LogP contribution in [0.15, 0.2) is 54.7 Å². The van der Waals surface area contributed by atoms with E-state index in [2.05, 4.69) is 10.3 Å². The molecule has 2 heterocycles. The fourth-order valence-electron chi connectivity index (χ4n) is 3.83. The third-order valence-electron chi connectivity index (χ3n) is 5.40. The van der Waals surface area contributed by atoms with Gasteiger partial charge in [0.2, 0.25) is 6.41 Å². The molecule has 3 N–H and O–H groups in total. The van der Waals surface area contributed by atoms with E-state index in [-0.39, 0.29) is 5.91 Å². The fraction of sp³-hybridized carbons (Fsp3) is 0.227. The number of hydrogen-bond donors (Lipinski definition) is 3. The van der Waals surface area contributed by atoms with E-state index >= 15 is 0 Å². The smallest absolute Gasteiger partial charge is 0.325 e. The average molecular weight is 406 g/mol. The predicted octanol–water partition coefficient (Wildman–Crippen LogP) is 2.32. The minimum absolute atomic E-state index is 0.230. The van der Waals surface area contributed by atoms with Crippen LogP contribution in [0.5, 0.6) is 0 Å². The number of anilines is 1. The van der Waals surface area contributed by atoms with E-state index in [1.807, 2.05) is 17.0 Å². The first-order valence-corrected chi connectivity index (χ1v) is 9.70. The van der Waals surface area contributed by atoms with Gasteiger partial charge in [-0.2, -0.15) is 0 Å². The molecule has 1 saturated heterocycles. The largest absolute Gasteiger partial charge is 0.480 e. The van der Waals surface area contributed by atoms with Crippen LogP contribution >= 0.6 is 0 Å². The number of fused-ring (bicyclic) bond motifs is 1. The van der Waals surface area contributed by atoms with Crippen LogP contribution in [-0.2, 0) is 9.59 Å². The number of carbonyl (C=O) groups excluding carboxylic acids is 2. The fourth-order valence-corrected chi connectivity index (χ4v) is 3.83. The monoisotopic (exact) mass is 406 g/mol. The summed E-state index contributed by atoms with van der Waals surface area (Å²) in [5.74, 6) is -1.18. The Balaban J connectivity index is 1.62. The highest BCUT2D eigenvalue weighted by Crippen LogP contribution is 2.31. The zero-order valence-electron chi connectivity index (χ0n) is 16.2. The Bertz CT molecular complexity index is 1070. The van der Waals surface area contributed by atoms with Crippen LogP contribution < -0.4 is 5.32 Å². The Morgan fingerprint density at radius 3 is 2.47 bits per heavy atom. The van der Waals surface area contributed by atoms with Crippen LogP contribution in [-0.4, -0.2) is 64.4 Å². The second-order valence-electron chi connectivity index (χ2n) is 7.24. The molecule has 1 aliphatic rings. The van der Waals surface area contributed by atoms with Gasteiger partial charge < -0.3 is 20.3 Å². The zero-order chi connectivity index (χ0) is 21.1. The molecule has 1 unspecified atom stereocenters. The van der Waals surface area contributed by atoms with E-state index in [0.29, 0.717) is 43.0 Å². The predicted molar refractivity (Wildman–Crippen MR) is 112 cm³/mol. The minimum Gasteiger partial charge on any atom is -0.480 e. The van der Waals surface area contributed by atoms with Gasteiger partial charge >= 0.3 is 5.97 Å². The van der Waals surface area contributed by atoms with Gasteiger partial charge in [0, 0.05) is 60.1 Å². The van der Waals surface area contributed by atoms with Gasteiger partial charge in [0.05, 0.1) is 0 Å². The lowest BCUT2D eigenvalue weighted by Gasteiger charge is -2.36. The summed E-state index contributed by atoms with van der Waals surface area (Å²) in [5, 5.41) is 13.5. The number of carboxylic acids is 1. The Kier molecular flexibility index (Phi) is 5.49. The van der Waals surface area contributed by atoms with Crippen molar-refractivity contribution in [3.63, 3.8) is 0 Å². The number of aromatic nitrogens is 1. The van der Waals surface area contributed by atoms with E-state index < -0.39 is 12.0 Å². The topological polar surface area (TPSA) is 106 Å². The van der Waals surface area contributed by atoms with Gasteiger partial charge in [-0.05, 0) is 30.3 Å². The molecule has 0 aliphatic carbocycles. The maximum atomic E-state index is 12.5. The minimum atomic E-state index is -0.950. The maximum absolute atomic E-state index is 12.5. The molecule has 2 aromatic carbocycles. The Labute approximate surface area is 173 Å². The first kappa shape index (κ1) is 19.7. The number of H-pyrrole nitrogens is 1. The second-order valence-corrected chi connectivity index (χ2v) is 7.24. The number of aliphatic carboxylic acids is 1. The molecule has 30 heavy (non-hydrogen) atoms. The van der Waals surface area contributed by atoms with Crippen molar-refractivity contribution in [2.75, 3.05) is 31.5 Å². The molecule has 1 fully saturated rings. The molecule has 1 aliphatic heterocycles. The van der Waals surface area contributed by atoms with Gasteiger partial charge in [0.1, 0.15) is 6.04 Å². The molecular formula is C22H22N4O4. The molecule has 8 nitrogen and oxygen atoms in total. The number of nitrogens with one attached hydrogen (secondary N) is 2. The normalized spacial score (nSPS) is 15.7. The molecule has 0 saturated carbocycles. The van der Waals surface area contributed by atoms with Crippen LogP contribution in [0.3, 0.4) is 0 Å². The number of rotatable bonds is 6. The summed E-state index contributed by atoms with van der Waals surface area (Å²) in [5.41, 5.74) is 2.56. The van der Waals surface area contributed by atoms with Crippen LogP contribution in [0.25, 0.3) is 10.9 Å². The molecule has 8 heteroatoms. The number of hydrogen-bond acceptors (Lipinski definition) is 4. The van der Waals surface area contributed by atoms with Crippen molar-refractivity contribution in [2.45, 2.75) is 6.04 Å². The van der Waals surface area contributed by atoms with Crippen molar-refractivity contribution in [2.24, 2.45) is 0 Å². The first-order valence-electron chi connectivity index (χ1n) is 9.70. The van der Waals surface area contributed by atoms with E-state index in [9.17, 15) is 19.5 Å². The third-order valence-corrected chi connectivity index (χ3v) is 5.40. The highest BCUT2D eigenvalue weighted by Gasteiger charge is 2.32. The lowest BCUT2D eigenvalue weighted by atomic mass is 10.0. The summed E-state index contributed by atoms with van der Waals surface area (Å²) in [6.07, 6.45) is 2.50. The number of nitrogens with zero attached hydrogens (tertiary/aromatic N) is 2. The van der Waals surface area contributed by atoms with E-state index in [4.69, 9.17) is 0 Å². The highest BCUT2D eigenvalue weighted by atomic mass is 16.4. The lowest BCUT2D eigenvalue weighted by Crippen LogP contribution is -2.48. The van der Waals surface area contributed by atoms with Crippen molar-refractivity contribution in [1.82, 2.24) is 14.8 Å². The molecule has 4 rings (SSSR count). The van der Waals surface area contributed by atoms with E-state index in [0.717, 1.165) is 17.3 Å². The van der Waals surface area contributed by atoms with Crippen LogP contribution in [0.1, 0.15) is 22.0 Å². The van der Waals surface area contributed by atoms with Crippen molar-refractivity contribution in [3.8, 4) is 0 Å². The van der Waals surface area contributed by atoms with Crippen LogP contribution in [0, 0.1) is 0 Å². The number of carboxylic acid groups (broad SMARTS) is 1. The van der Waals surface area contributed by atoms with Crippen molar-refractivity contribution in [1.29, 1.82) is 0 Å². The van der Waals surface area contributed by atoms with Gasteiger partial charge in [0.25, 0.3) is 5.91 Å². The summed E-state index contributed by atoms with van der Waals surface area (Å²) in [4.78, 5) is 42.2. The van der Waals surface area contributed by atoms with Gasteiger partial charge in [-0.15, -0.1) is 0 Å². The first-order chi connectivity index (χ1) is 14.6. The lowest BCUT2D eigenvalue weighted by molar-refractivity contribution is -0.144. The van der Waals surface area contributed by atoms with Gasteiger partial charge in [0.15, 0.2) is 0 Å². The molecule has 3 aromatic rings. The molecule has 0 bridgehead atoms. The molecule has 0 radical (unpaired) electrons. The summed E-state index contributed by atoms with van der Waals surface area (Å²) >= 11 is 0. The quantitative estimate of drug-likeness (QED) is 0.545. The highest BCUT2D eigenvalue weighted by molar-refractivity contribution is 6.05. The number of amides is 2. The Morgan fingerprint density at radius 2 is 1.80 bits per heavy atom. The molecule has 1 atom stereocenters. The number of benzene rings is 2. The molecule has 2 amide bonds. The van der Waals surface area contributed by atoms with Gasteiger partial charge in [-0.1, -0.05) is 18.2 Å². The van der Waals surface area contributed by atoms with Crippen molar-refractivity contribution >= 4 is 34.9 Å². The molecule has 1 aromatic heterocycles. The van der Waals surface area contributed by atoms with E-state index in [1.54, 1.807) is 47.5 Å². The average Bonchev–Trinajstić information content (AvgIpc) is 3.17. The van der Waals surface area contributed by atoms with Crippen LogP contribution in [0.4, 0.5) is 5.69 Å². The van der Waals surface area contributed by atoms with Crippen LogP contribution in [0.2, 0.25) is 0 Å². The summed E-state index contributed by atoms with van der Waals surface area (Å²) in [7, 11) is 0. The van der Waals surface area contributed by atoms with Crippen molar-refractivity contribution < 1.29 is 19.5 Å². The Morgan fingerprint density at radius 1 is 1.07 bits per heavy atom. The second kappa shape index (κ2) is 8.38. The third kappa shape index (κ3) is 3.90. The summed E-state index contributed by atoms with van der Waals surface area (Å²) < 4.78 is 0. The number of carbonyl (C=O) groups is 3.